The Morgan fingerprint density at radius 2 is 1.77 bits per heavy atom. The molecule has 3 rings (SSSR count). The molecular formula is C22H24ClN3O3S2. The van der Waals surface area contributed by atoms with Gasteiger partial charge in [0.15, 0.2) is 0 Å². The highest BCUT2D eigenvalue weighted by Crippen LogP contribution is 2.30. The molecule has 0 unspecified atom stereocenters. The quantitative estimate of drug-likeness (QED) is 0.528. The molecule has 0 saturated carbocycles. The van der Waals surface area contributed by atoms with Crippen LogP contribution < -0.4 is 10.0 Å². The fourth-order valence-electron chi connectivity index (χ4n) is 2.94. The first-order chi connectivity index (χ1) is 14.5. The van der Waals surface area contributed by atoms with E-state index in [1.807, 2.05) is 23.6 Å². The van der Waals surface area contributed by atoms with Crippen molar-refractivity contribution < 1.29 is 13.2 Å². The number of nitrogens with one attached hydrogen (secondary N) is 2. The monoisotopic (exact) mass is 477 g/mol. The number of thiazole rings is 1. The molecule has 1 heterocycles. The van der Waals surface area contributed by atoms with Crippen LogP contribution in [0.25, 0.3) is 10.6 Å². The average molecular weight is 478 g/mol. The Bertz CT molecular complexity index is 1180. The first kappa shape index (κ1) is 23.4. The molecule has 9 heteroatoms. The first-order valence-electron chi connectivity index (χ1n) is 9.63. The van der Waals surface area contributed by atoms with Gasteiger partial charge in [0.25, 0.3) is 0 Å². The second-order valence-electron chi connectivity index (χ2n) is 8.04. The van der Waals surface area contributed by atoms with E-state index in [2.05, 4.69) is 15.0 Å². The minimum atomic E-state index is -3.71. The summed E-state index contributed by atoms with van der Waals surface area (Å²) in [4.78, 5) is 17.1. The van der Waals surface area contributed by atoms with Crippen LogP contribution in [0.4, 0.5) is 0 Å². The van der Waals surface area contributed by atoms with Gasteiger partial charge in [0, 0.05) is 23.0 Å². The van der Waals surface area contributed by atoms with E-state index < -0.39 is 15.6 Å². The van der Waals surface area contributed by atoms with E-state index in [1.165, 1.54) is 17.4 Å². The van der Waals surface area contributed by atoms with Crippen LogP contribution in [0.5, 0.6) is 0 Å². The Kier molecular flexibility index (Phi) is 7.16. The van der Waals surface area contributed by atoms with Crippen molar-refractivity contribution in [3.8, 4) is 10.6 Å². The molecule has 2 N–H and O–H groups in total. The number of halogens is 1. The first-order valence-corrected chi connectivity index (χ1v) is 12.4. The number of amides is 1. The van der Waals surface area contributed by atoms with E-state index in [4.69, 9.17) is 11.6 Å². The summed E-state index contributed by atoms with van der Waals surface area (Å²) in [7, 11) is -3.71. The van der Waals surface area contributed by atoms with Gasteiger partial charge in [0.1, 0.15) is 5.01 Å². The third-order valence-electron chi connectivity index (χ3n) is 4.18. The number of hydrogen-bond acceptors (Lipinski definition) is 5. The number of rotatable bonds is 7. The summed E-state index contributed by atoms with van der Waals surface area (Å²) in [6.45, 7) is 5.43. The molecule has 3 aromatic rings. The number of sulfonamides is 1. The molecule has 1 amide bonds. The van der Waals surface area contributed by atoms with Gasteiger partial charge < -0.3 is 5.32 Å². The third-order valence-corrected chi connectivity index (χ3v) is 7.29. The highest BCUT2D eigenvalue weighted by Gasteiger charge is 2.24. The van der Waals surface area contributed by atoms with Crippen LogP contribution in [0.3, 0.4) is 0 Å². The van der Waals surface area contributed by atoms with Gasteiger partial charge >= 0.3 is 0 Å². The Morgan fingerprint density at radius 3 is 2.48 bits per heavy atom. The van der Waals surface area contributed by atoms with Crippen molar-refractivity contribution in [3.63, 3.8) is 0 Å². The molecule has 0 bridgehead atoms. The van der Waals surface area contributed by atoms with Crippen LogP contribution in [-0.2, 0) is 27.8 Å². The largest absolute Gasteiger partial charge is 0.352 e. The van der Waals surface area contributed by atoms with Crippen LogP contribution in [0, 0.1) is 0 Å². The van der Waals surface area contributed by atoms with Crippen molar-refractivity contribution in [1.82, 2.24) is 15.0 Å². The molecule has 0 spiro atoms. The highest BCUT2D eigenvalue weighted by atomic mass is 35.5. The Hall–Kier alpha value is -2.26. The van der Waals surface area contributed by atoms with Gasteiger partial charge in [-0.1, -0.05) is 48.0 Å². The maximum Gasteiger partial charge on any atom is 0.241 e. The minimum absolute atomic E-state index is 0.0934. The second-order valence-corrected chi connectivity index (χ2v) is 11.0. The van der Waals surface area contributed by atoms with Crippen LogP contribution >= 0.6 is 22.9 Å². The van der Waals surface area contributed by atoms with Crippen molar-refractivity contribution in [2.45, 2.75) is 44.2 Å². The normalized spacial score (nSPS) is 12.0. The molecule has 0 radical (unpaired) electrons. The van der Waals surface area contributed by atoms with E-state index in [0.717, 1.165) is 10.6 Å². The van der Waals surface area contributed by atoms with Gasteiger partial charge in [-0.05, 0) is 38.5 Å². The molecule has 0 fully saturated rings. The Morgan fingerprint density at radius 1 is 1.10 bits per heavy atom. The van der Waals surface area contributed by atoms with Gasteiger partial charge in [-0.3, -0.25) is 4.79 Å². The number of benzene rings is 2. The van der Waals surface area contributed by atoms with Crippen molar-refractivity contribution in [2.24, 2.45) is 0 Å². The summed E-state index contributed by atoms with van der Waals surface area (Å²) in [5.41, 5.74) is 1.36. The predicted molar refractivity (Wildman–Crippen MR) is 125 cm³/mol. The van der Waals surface area contributed by atoms with Gasteiger partial charge in [-0.15, -0.1) is 11.3 Å². The van der Waals surface area contributed by atoms with Crippen molar-refractivity contribution >= 4 is 38.9 Å². The minimum Gasteiger partial charge on any atom is -0.352 e. The molecule has 2 aromatic carbocycles. The standard InChI is InChI=1S/C22H24ClN3O3S2/c1-22(2,3)26-31(28,29)19-11-7-4-8-15(19)13-24-20(27)12-16-14-30-21(25-16)17-9-5-6-10-18(17)23/h4-11,14,26H,12-13H2,1-3H3,(H,24,27). The van der Waals surface area contributed by atoms with Crippen LogP contribution in [0.1, 0.15) is 32.0 Å². The Balaban J connectivity index is 1.67. The zero-order valence-electron chi connectivity index (χ0n) is 17.5. The molecule has 1 aromatic heterocycles. The summed E-state index contributed by atoms with van der Waals surface area (Å²) < 4.78 is 28.1. The number of hydrogen-bond donors (Lipinski definition) is 2. The summed E-state index contributed by atoms with van der Waals surface area (Å²) in [6, 6.07) is 14.0. The zero-order chi connectivity index (χ0) is 22.6. The van der Waals surface area contributed by atoms with Crippen molar-refractivity contribution in [1.29, 1.82) is 0 Å². The van der Waals surface area contributed by atoms with Crippen LogP contribution in [-0.4, -0.2) is 24.8 Å². The van der Waals surface area contributed by atoms with E-state index in [-0.39, 0.29) is 23.8 Å². The number of nitrogens with zero attached hydrogens (tertiary/aromatic N) is 1. The van der Waals surface area contributed by atoms with E-state index >= 15 is 0 Å². The molecule has 0 saturated heterocycles. The molecule has 0 aliphatic rings. The van der Waals surface area contributed by atoms with E-state index in [0.29, 0.717) is 16.3 Å². The topological polar surface area (TPSA) is 88.2 Å². The van der Waals surface area contributed by atoms with Gasteiger partial charge in [-0.2, -0.15) is 0 Å². The zero-order valence-corrected chi connectivity index (χ0v) is 19.9. The smallest absolute Gasteiger partial charge is 0.241 e. The van der Waals surface area contributed by atoms with Crippen LogP contribution in [0.15, 0.2) is 58.8 Å². The third kappa shape index (κ3) is 6.36. The van der Waals surface area contributed by atoms with Crippen LogP contribution in [0.2, 0.25) is 5.02 Å². The fourth-order valence-corrected chi connectivity index (χ4v) is 5.74. The maximum atomic E-state index is 12.7. The van der Waals surface area contributed by atoms with E-state index in [9.17, 15) is 13.2 Å². The summed E-state index contributed by atoms with van der Waals surface area (Å²) >= 11 is 7.64. The fraction of sp³-hybridized carbons (Fsp3) is 0.273. The maximum absolute atomic E-state index is 12.7. The lowest BCUT2D eigenvalue weighted by Crippen LogP contribution is -2.41. The highest BCUT2D eigenvalue weighted by molar-refractivity contribution is 7.89. The molecule has 164 valence electrons. The van der Waals surface area contributed by atoms with Crippen molar-refractivity contribution in [2.75, 3.05) is 0 Å². The molecule has 0 atom stereocenters. The SMILES string of the molecule is CC(C)(C)NS(=O)(=O)c1ccccc1CNC(=O)Cc1csc(-c2ccccc2Cl)n1. The summed E-state index contributed by atoms with van der Waals surface area (Å²) in [5.74, 6) is -0.244. The molecule has 31 heavy (non-hydrogen) atoms. The van der Waals surface area contributed by atoms with E-state index in [1.54, 1.807) is 45.0 Å². The number of carbonyl (C=O) groups excluding carboxylic acids is 1. The second kappa shape index (κ2) is 9.48. The lowest BCUT2D eigenvalue weighted by molar-refractivity contribution is -0.120. The number of aromatic nitrogens is 1. The lowest BCUT2D eigenvalue weighted by Gasteiger charge is -2.21. The number of carbonyl (C=O) groups is 1. The molecule has 0 aliphatic heterocycles. The summed E-state index contributed by atoms with van der Waals surface area (Å²) in [6.07, 6.45) is 0.0934. The van der Waals surface area contributed by atoms with Gasteiger partial charge in [-0.25, -0.2) is 18.1 Å². The Labute approximate surface area is 191 Å². The molecule has 0 aliphatic carbocycles. The average Bonchev–Trinajstić information content (AvgIpc) is 3.13. The van der Waals surface area contributed by atoms with Crippen molar-refractivity contribution in [3.05, 3.63) is 70.2 Å². The predicted octanol–water partition coefficient (Wildman–Crippen LogP) is 4.40. The molecular weight excluding hydrogens is 454 g/mol. The molecule has 6 nitrogen and oxygen atoms in total. The van der Waals surface area contributed by atoms with Gasteiger partial charge in [0.2, 0.25) is 15.9 Å². The van der Waals surface area contributed by atoms with Gasteiger partial charge in [0.05, 0.1) is 22.0 Å². The lowest BCUT2D eigenvalue weighted by atomic mass is 10.1. The summed E-state index contributed by atoms with van der Waals surface area (Å²) in [5, 5.41) is 5.97.